The van der Waals surface area contributed by atoms with Crippen LogP contribution in [-0.2, 0) is 6.54 Å². The van der Waals surface area contributed by atoms with E-state index in [-0.39, 0.29) is 6.61 Å². The lowest BCUT2D eigenvalue weighted by atomic mass is 10.2. The normalized spacial score (nSPS) is 12.4. The van der Waals surface area contributed by atoms with Gasteiger partial charge in [-0.2, -0.15) is 0 Å². The predicted molar refractivity (Wildman–Crippen MR) is 80.8 cm³/mol. The molecule has 114 valence electrons. The molecule has 0 fully saturated rings. The second-order valence-electron chi connectivity index (χ2n) is 5.24. The molecule has 0 radical (unpaired) electrons. The van der Waals surface area contributed by atoms with Gasteiger partial charge in [-0.05, 0) is 12.1 Å². The van der Waals surface area contributed by atoms with E-state index in [0.29, 0.717) is 18.2 Å². The molecule has 1 heterocycles. The van der Waals surface area contributed by atoms with Crippen LogP contribution >= 0.6 is 0 Å². The van der Waals surface area contributed by atoms with Crippen molar-refractivity contribution in [3.05, 3.63) is 42.5 Å². The minimum Gasteiger partial charge on any atom is -0.497 e. The molecule has 1 aromatic carbocycles. The molecule has 0 saturated heterocycles. The van der Waals surface area contributed by atoms with Gasteiger partial charge in [0.2, 0.25) is 0 Å². The van der Waals surface area contributed by atoms with Crippen LogP contribution < -0.4 is 9.47 Å². The third-order valence-corrected chi connectivity index (χ3v) is 3.16. The molecule has 0 saturated carbocycles. The van der Waals surface area contributed by atoms with Crippen molar-refractivity contribution in [2.75, 3.05) is 13.7 Å². The third-order valence-electron chi connectivity index (χ3n) is 3.16. The van der Waals surface area contributed by atoms with Crippen molar-refractivity contribution in [2.24, 2.45) is 0 Å². The predicted octanol–water partition coefficient (Wildman–Crippen LogP) is 2.46. The molecule has 2 aromatic rings. The lowest BCUT2D eigenvalue weighted by Gasteiger charge is -2.16. The summed E-state index contributed by atoms with van der Waals surface area (Å²) in [5, 5.41) is 10.1. The van der Waals surface area contributed by atoms with E-state index in [4.69, 9.17) is 9.47 Å². The maximum Gasteiger partial charge on any atom is 0.123 e. The van der Waals surface area contributed by atoms with Gasteiger partial charge in [0.25, 0.3) is 0 Å². The van der Waals surface area contributed by atoms with Crippen LogP contribution in [0.1, 0.15) is 25.6 Å². The van der Waals surface area contributed by atoms with Crippen molar-refractivity contribution in [1.82, 2.24) is 9.55 Å². The molecule has 1 aromatic heterocycles. The molecule has 0 amide bonds. The van der Waals surface area contributed by atoms with Gasteiger partial charge in [-0.3, -0.25) is 0 Å². The molecule has 0 spiro atoms. The zero-order valence-corrected chi connectivity index (χ0v) is 12.7. The molecule has 5 heteroatoms. The maximum absolute atomic E-state index is 10.1. The molecule has 0 aliphatic heterocycles. The topological polar surface area (TPSA) is 56.5 Å². The monoisotopic (exact) mass is 290 g/mol. The fourth-order valence-corrected chi connectivity index (χ4v) is 2.14. The Morgan fingerprint density at radius 2 is 2.05 bits per heavy atom. The zero-order chi connectivity index (χ0) is 15.2. The Labute approximate surface area is 125 Å². The third kappa shape index (κ3) is 4.23. The second kappa shape index (κ2) is 7.13. The van der Waals surface area contributed by atoms with E-state index in [2.05, 4.69) is 18.8 Å². The van der Waals surface area contributed by atoms with Gasteiger partial charge in [0.05, 0.1) is 13.7 Å². The van der Waals surface area contributed by atoms with E-state index < -0.39 is 6.10 Å². The highest BCUT2D eigenvalue weighted by Crippen LogP contribution is 2.19. The van der Waals surface area contributed by atoms with Gasteiger partial charge in [-0.25, -0.2) is 4.98 Å². The Morgan fingerprint density at radius 3 is 2.76 bits per heavy atom. The number of aromatic nitrogens is 2. The van der Waals surface area contributed by atoms with Crippen LogP contribution in [0.5, 0.6) is 11.5 Å². The number of aliphatic hydroxyl groups excluding tert-OH is 1. The fourth-order valence-electron chi connectivity index (χ4n) is 2.14. The summed E-state index contributed by atoms with van der Waals surface area (Å²) < 4.78 is 12.7. The first kappa shape index (κ1) is 15.4. The molecule has 21 heavy (non-hydrogen) atoms. The van der Waals surface area contributed by atoms with Gasteiger partial charge in [-0.1, -0.05) is 19.9 Å². The Hall–Kier alpha value is -2.01. The summed E-state index contributed by atoms with van der Waals surface area (Å²) in [6.45, 7) is 4.86. The zero-order valence-electron chi connectivity index (χ0n) is 12.7. The van der Waals surface area contributed by atoms with Crippen LogP contribution in [0.2, 0.25) is 0 Å². The summed E-state index contributed by atoms with van der Waals surface area (Å²) in [6.07, 6.45) is 3.04. The first-order chi connectivity index (χ1) is 10.1. The van der Waals surface area contributed by atoms with Crippen LogP contribution in [0.4, 0.5) is 0 Å². The smallest absolute Gasteiger partial charge is 0.123 e. The number of ether oxygens (including phenoxy) is 2. The average Bonchev–Trinajstić information content (AvgIpc) is 2.93. The van der Waals surface area contributed by atoms with E-state index in [1.807, 2.05) is 29.0 Å². The second-order valence-corrected chi connectivity index (χ2v) is 5.24. The summed E-state index contributed by atoms with van der Waals surface area (Å²) >= 11 is 0. The first-order valence-electron chi connectivity index (χ1n) is 7.06. The summed E-state index contributed by atoms with van der Waals surface area (Å²) in [6, 6.07) is 7.34. The van der Waals surface area contributed by atoms with E-state index in [0.717, 1.165) is 11.6 Å². The summed E-state index contributed by atoms with van der Waals surface area (Å²) in [4.78, 5) is 4.30. The molecule has 1 N–H and O–H groups in total. The minimum atomic E-state index is -0.595. The highest BCUT2D eigenvalue weighted by Gasteiger charge is 2.12. The van der Waals surface area contributed by atoms with Crippen molar-refractivity contribution >= 4 is 0 Å². The minimum absolute atomic E-state index is 0.225. The van der Waals surface area contributed by atoms with Gasteiger partial charge in [0, 0.05) is 24.4 Å². The highest BCUT2D eigenvalue weighted by atomic mass is 16.5. The number of nitrogens with zero attached hydrogens (tertiary/aromatic N) is 2. The molecule has 1 unspecified atom stereocenters. The fraction of sp³-hybridized carbons (Fsp3) is 0.438. The summed E-state index contributed by atoms with van der Waals surface area (Å²) in [7, 11) is 1.61. The lowest BCUT2D eigenvalue weighted by molar-refractivity contribution is 0.0914. The Balaban J connectivity index is 1.89. The van der Waals surface area contributed by atoms with Gasteiger partial charge >= 0.3 is 0 Å². The molecule has 0 aliphatic carbocycles. The summed E-state index contributed by atoms with van der Waals surface area (Å²) in [5.74, 6) is 2.71. The van der Waals surface area contributed by atoms with Crippen LogP contribution in [0, 0.1) is 0 Å². The largest absolute Gasteiger partial charge is 0.497 e. The number of methoxy groups -OCH3 is 1. The van der Waals surface area contributed by atoms with Crippen LogP contribution in [0.25, 0.3) is 0 Å². The standard InChI is InChI=1S/C16H22N2O3/c1-12(2)16-17-7-8-18(16)10-13(19)11-21-15-6-4-5-14(9-15)20-3/h4-9,12-13,19H,10-11H2,1-3H3. The Kier molecular flexibility index (Phi) is 5.22. The number of benzene rings is 1. The SMILES string of the molecule is COc1cccc(OCC(O)Cn2ccnc2C(C)C)c1. The number of aliphatic hydroxyl groups is 1. The van der Waals surface area contributed by atoms with Crippen molar-refractivity contribution in [3.8, 4) is 11.5 Å². The molecule has 0 bridgehead atoms. The van der Waals surface area contributed by atoms with E-state index in [1.54, 1.807) is 19.4 Å². The van der Waals surface area contributed by atoms with Gasteiger partial charge in [-0.15, -0.1) is 0 Å². The van der Waals surface area contributed by atoms with Gasteiger partial charge < -0.3 is 19.1 Å². The number of hydrogen-bond donors (Lipinski definition) is 1. The molecule has 5 nitrogen and oxygen atoms in total. The molecular weight excluding hydrogens is 268 g/mol. The average molecular weight is 290 g/mol. The lowest BCUT2D eigenvalue weighted by Crippen LogP contribution is -2.24. The van der Waals surface area contributed by atoms with Crippen LogP contribution in [0.3, 0.4) is 0 Å². The van der Waals surface area contributed by atoms with E-state index >= 15 is 0 Å². The summed E-state index contributed by atoms with van der Waals surface area (Å²) in [5.41, 5.74) is 0. The van der Waals surface area contributed by atoms with Crippen molar-refractivity contribution in [1.29, 1.82) is 0 Å². The molecule has 1 atom stereocenters. The first-order valence-corrected chi connectivity index (χ1v) is 7.06. The quantitative estimate of drug-likeness (QED) is 0.851. The van der Waals surface area contributed by atoms with E-state index in [9.17, 15) is 5.11 Å². The Bertz CT molecular complexity index is 566. The van der Waals surface area contributed by atoms with Gasteiger partial charge in [0.15, 0.2) is 0 Å². The molecule has 0 aliphatic rings. The van der Waals surface area contributed by atoms with Crippen molar-refractivity contribution in [3.63, 3.8) is 0 Å². The number of imidazole rings is 1. The molecule has 2 rings (SSSR count). The van der Waals surface area contributed by atoms with Gasteiger partial charge in [0.1, 0.15) is 30.0 Å². The number of rotatable bonds is 7. The number of hydrogen-bond acceptors (Lipinski definition) is 4. The van der Waals surface area contributed by atoms with E-state index in [1.165, 1.54) is 0 Å². The van der Waals surface area contributed by atoms with Crippen LogP contribution in [-0.4, -0.2) is 34.5 Å². The Morgan fingerprint density at radius 1 is 1.29 bits per heavy atom. The molecular formula is C16H22N2O3. The van der Waals surface area contributed by atoms with Crippen molar-refractivity contribution < 1.29 is 14.6 Å². The maximum atomic E-state index is 10.1. The van der Waals surface area contributed by atoms with Crippen LogP contribution in [0.15, 0.2) is 36.7 Å². The van der Waals surface area contributed by atoms with Crippen molar-refractivity contribution in [2.45, 2.75) is 32.4 Å². The highest BCUT2D eigenvalue weighted by molar-refractivity contribution is 5.32.